The molecule has 6 heteroatoms. The largest absolute Gasteiger partial charge is 0.328 e. The SMILES string of the molecule is O=C(Nc1cccc2cn[nH]c12)c1ccc(=O)[nH]c1. The van der Waals surface area contributed by atoms with Crippen LogP contribution in [0.3, 0.4) is 0 Å². The van der Waals surface area contributed by atoms with Gasteiger partial charge < -0.3 is 10.3 Å². The number of carbonyl (C=O) groups is 1. The van der Waals surface area contributed by atoms with Gasteiger partial charge in [-0.25, -0.2) is 0 Å². The second-order valence-electron chi connectivity index (χ2n) is 4.04. The van der Waals surface area contributed by atoms with Crippen molar-refractivity contribution < 1.29 is 4.79 Å². The first-order chi connectivity index (χ1) is 9.24. The Morgan fingerprint density at radius 3 is 2.89 bits per heavy atom. The summed E-state index contributed by atoms with van der Waals surface area (Å²) < 4.78 is 0. The van der Waals surface area contributed by atoms with Crippen LogP contribution in [0.5, 0.6) is 0 Å². The van der Waals surface area contributed by atoms with Gasteiger partial charge in [0.25, 0.3) is 5.91 Å². The van der Waals surface area contributed by atoms with Crippen molar-refractivity contribution in [3.8, 4) is 0 Å². The lowest BCUT2D eigenvalue weighted by Gasteiger charge is -2.05. The number of carbonyl (C=O) groups excluding carboxylic acids is 1. The third-order valence-corrected chi connectivity index (χ3v) is 2.77. The van der Waals surface area contributed by atoms with E-state index in [4.69, 9.17) is 0 Å². The van der Waals surface area contributed by atoms with E-state index in [9.17, 15) is 9.59 Å². The van der Waals surface area contributed by atoms with E-state index in [1.54, 1.807) is 12.3 Å². The topological polar surface area (TPSA) is 90.6 Å². The zero-order valence-corrected chi connectivity index (χ0v) is 9.81. The predicted octanol–water partition coefficient (Wildman–Crippen LogP) is 1.50. The molecule has 0 saturated carbocycles. The molecule has 0 fully saturated rings. The van der Waals surface area contributed by atoms with Gasteiger partial charge in [0.05, 0.1) is 23.0 Å². The Hall–Kier alpha value is -2.89. The number of aromatic amines is 2. The van der Waals surface area contributed by atoms with Gasteiger partial charge in [-0.3, -0.25) is 14.7 Å². The Balaban J connectivity index is 1.92. The molecule has 3 aromatic rings. The van der Waals surface area contributed by atoms with Gasteiger partial charge in [0.15, 0.2) is 0 Å². The Kier molecular flexibility index (Phi) is 2.60. The van der Waals surface area contributed by atoms with Crippen molar-refractivity contribution in [2.24, 2.45) is 0 Å². The van der Waals surface area contributed by atoms with Crippen molar-refractivity contribution in [1.82, 2.24) is 15.2 Å². The van der Waals surface area contributed by atoms with E-state index in [1.807, 2.05) is 12.1 Å². The number of fused-ring (bicyclic) bond motifs is 1. The molecule has 3 rings (SSSR count). The highest BCUT2D eigenvalue weighted by molar-refractivity contribution is 6.08. The van der Waals surface area contributed by atoms with Crippen LogP contribution in [-0.2, 0) is 0 Å². The average Bonchev–Trinajstić information content (AvgIpc) is 2.89. The van der Waals surface area contributed by atoms with Crippen molar-refractivity contribution in [3.05, 3.63) is 58.6 Å². The molecule has 94 valence electrons. The number of para-hydroxylation sites is 1. The van der Waals surface area contributed by atoms with E-state index >= 15 is 0 Å². The van der Waals surface area contributed by atoms with Crippen LogP contribution in [0.4, 0.5) is 5.69 Å². The molecular weight excluding hydrogens is 244 g/mol. The highest BCUT2D eigenvalue weighted by Gasteiger charge is 2.09. The average molecular weight is 254 g/mol. The van der Waals surface area contributed by atoms with Crippen LogP contribution in [-0.4, -0.2) is 21.1 Å². The summed E-state index contributed by atoms with van der Waals surface area (Å²) in [4.78, 5) is 25.4. The summed E-state index contributed by atoms with van der Waals surface area (Å²) in [7, 11) is 0. The second-order valence-corrected chi connectivity index (χ2v) is 4.04. The fourth-order valence-electron chi connectivity index (χ4n) is 1.82. The van der Waals surface area contributed by atoms with Crippen molar-refractivity contribution >= 4 is 22.5 Å². The fourth-order valence-corrected chi connectivity index (χ4v) is 1.82. The van der Waals surface area contributed by atoms with Crippen LogP contribution in [0.25, 0.3) is 10.9 Å². The molecule has 1 aromatic carbocycles. The molecule has 2 aromatic heterocycles. The molecule has 0 aliphatic carbocycles. The molecule has 0 bridgehead atoms. The minimum absolute atomic E-state index is 0.243. The number of pyridine rings is 1. The quantitative estimate of drug-likeness (QED) is 0.647. The van der Waals surface area contributed by atoms with Crippen LogP contribution in [0.2, 0.25) is 0 Å². The maximum Gasteiger partial charge on any atom is 0.257 e. The monoisotopic (exact) mass is 254 g/mol. The second kappa shape index (κ2) is 4.41. The van der Waals surface area contributed by atoms with Gasteiger partial charge in [-0.05, 0) is 12.1 Å². The van der Waals surface area contributed by atoms with E-state index in [0.29, 0.717) is 11.3 Å². The van der Waals surface area contributed by atoms with E-state index in [1.165, 1.54) is 18.3 Å². The molecule has 0 radical (unpaired) electrons. The van der Waals surface area contributed by atoms with Crippen molar-refractivity contribution in [1.29, 1.82) is 0 Å². The van der Waals surface area contributed by atoms with E-state index in [-0.39, 0.29) is 11.5 Å². The summed E-state index contributed by atoms with van der Waals surface area (Å²) in [5.74, 6) is -0.293. The van der Waals surface area contributed by atoms with Gasteiger partial charge >= 0.3 is 0 Å². The van der Waals surface area contributed by atoms with Gasteiger partial charge in [0.2, 0.25) is 5.56 Å². The normalized spacial score (nSPS) is 10.5. The Morgan fingerprint density at radius 2 is 2.11 bits per heavy atom. The van der Waals surface area contributed by atoms with Crippen molar-refractivity contribution in [3.63, 3.8) is 0 Å². The summed E-state index contributed by atoms with van der Waals surface area (Å²) in [6.45, 7) is 0. The Morgan fingerprint density at radius 1 is 1.21 bits per heavy atom. The van der Waals surface area contributed by atoms with Gasteiger partial charge in [-0.2, -0.15) is 5.10 Å². The number of aromatic nitrogens is 3. The highest BCUT2D eigenvalue weighted by Crippen LogP contribution is 2.20. The molecule has 0 aliphatic rings. The zero-order chi connectivity index (χ0) is 13.2. The fraction of sp³-hybridized carbons (Fsp3) is 0. The van der Waals surface area contributed by atoms with Crippen LogP contribution in [0.1, 0.15) is 10.4 Å². The molecule has 1 amide bonds. The van der Waals surface area contributed by atoms with Crippen molar-refractivity contribution in [2.45, 2.75) is 0 Å². The first kappa shape index (κ1) is 11.2. The number of nitrogens with one attached hydrogen (secondary N) is 3. The Bertz CT molecular complexity index is 783. The minimum Gasteiger partial charge on any atom is -0.328 e. The van der Waals surface area contributed by atoms with Gasteiger partial charge in [0.1, 0.15) is 0 Å². The van der Waals surface area contributed by atoms with Crippen molar-refractivity contribution in [2.75, 3.05) is 5.32 Å². The van der Waals surface area contributed by atoms with Crippen LogP contribution >= 0.6 is 0 Å². The van der Waals surface area contributed by atoms with Gasteiger partial charge in [-0.1, -0.05) is 12.1 Å². The molecule has 0 atom stereocenters. The highest BCUT2D eigenvalue weighted by atomic mass is 16.1. The molecule has 2 heterocycles. The summed E-state index contributed by atoms with van der Waals surface area (Å²) >= 11 is 0. The summed E-state index contributed by atoms with van der Waals surface area (Å²) in [6, 6.07) is 8.30. The number of rotatable bonds is 2. The summed E-state index contributed by atoms with van der Waals surface area (Å²) in [5.41, 5.74) is 1.55. The number of nitrogens with zero attached hydrogens (tertiary/aromatic N) is 1. The molecule has 0 saturated heterocycles. The van der Waals surface area contributed by atoms with Gasteiger partial charge in [0, 0.05) is 17.6 Å². The molecule has 19 heavy (non-hydrogen) atoms. The van der Waals surface area contributed by atoms with E-state index in [0.717, 1.165) is 10.9 Å². The van der Waals surface area contributed by atoms with Crippen LogP contribution in [0.15, 0.2) is 47.5 Å². The standard InChI is InChI=1S/C13H10N4O2/c18-11-5-4-9(6-14-11)13(19)16-10-3-1-2-8-7-15-17-12(8)10/h1-7H,(H,14,18)(H,15,17)(H,16,19). The number of hydrogen-bond donors (Lipinski definition) is 3. The maximum absolute atomic E-state index is 12.0. The van der Waals surface area contributed by atoms with E-state index < -0.39 is 0 Å². The lowest BCUT2D eigenvalue weighted by atomic mass is 10.2. The number of amides is 1. The maximum atomic E-state index is 12.0. The molecule has 3 N–H and O–H groups in total. The summed E-state index contributed by atoms with van der Waals surface area (Å²) in [5, 5.41) is 10.5. The summed E-state index contributed by atoms with van der Waals surface area (Å²) in [6.07, 6.45) is 3.07. The van der Waals surface area contributed by atoms with Crippen LogP contribution in [0, 0.1) is 0 Å². The predicted molar refractivity (Wildman–Crippen MR) is 71.1 cm³/mol. The van der Waals surface area contributed by atoms with E-state index in [2.05, 4.69) is 20.5 Å². The first-order valence-corrected chi connectivity index (χ1v) is 5.66. The Labute approximate surface area is 107 Å². The molecule has 0 spiro atoms. The first-order valence-electron chi connectivity index (χ1n) is 5.66. The number of benzene rings is 1. The number of H-pyrrole nitrogens is 2. The van der Waals surface area contributed by atoms with Gasteiger partial charge in [-0.15, -0.1) is 0 Å². The third kappa shape index (κ3) is 2.11. The van der Waals surface area contributed by atoms with Crippen LogP contribution < -0.4 is 10.9 Å². The zero-order valence-electron chi connectivity index (χ0n) is 9.81. The molecule has 0 aliphatic heterocycles. The smallest absolute Gasteiger partial charge is 0.257 e. The molecule has 0 unspecified atom stereocenters. The number of hydrogen-bond acceptors (Lipinski definition) is 3. The lowest BCUT2D eigenvalue weighted by molar-refractivity contribution is 0.102. The number of anilines is 1. The third-order valence-electron chi connectivity index (χ3n) is 2.77. The molecular formula is C13H10N4O2. The molecule has 6 nitrogen and oxygen atoms in total. The lowest BCUT2D eigenvalue weighted by Crippen LogP contribution is -2.14. The minimum atomic E-state index is -0.293.